The van der Waals surface area contributed by atoms with E-state index >= 15 is 0 Å². The lowest BCUT2D eigenvalue weighted by atomic mass is 10.1. The van der Waals surface area contributed by atoms with Crippen LogP contribution in [0.5, 0.6) is 0 Å². The van der Waals surface area contributed by atoms with E-state index in [1.54, 1.807) is 23.5 Å². The number of halogens is 1. The second kappa shape index (κ2) is 10.4. The molecule has 30 heavy (non-hydrogen) atoms. The van der Waals surface area contributed by atoms with Gasteiger partial charge in [0.15, 0.2) is 0 Å². The summed E-state index contributed by atoms with van der Waals surface area (Å²) >= 11 is 7.90. The van der Waals surface area contributed by atoms with Crippen LogP contribution in [0.25, 0.3) is 0 Å². The standard InChI is InChI=1S/C21H24ClN3O3S2/c1-2-17-14-29-21(24-17)20(23-12-11-16-5-3-4-6-19(16)22)13-15-7-9-18(10-8-15)25-30(26,27)28/h3-10,14,20,23,25H,2,11-13H2,1H3,(H,26,27,28)/t20-/m0/s1. The summed E-state index contributed by atoms with van der Waals surface area (Å²) in [5.41, 5.74) is 3.51. The number of hydrogen-bond acceptors (Lipinski definition) is 5. The van der Waals surface area contributed by atoms with Gasteiger partial charge in [0, 0.05) is 10.4 Å². The van der Waals surface area contributed by atoms with Crippen LogP contribution in [-0.4, -0.2) is 24.5 Å². The van der Waals surface area contributed by atoms with Gasteiger partial charge < -0.3 is 5.32 Å². The summed E-state index contributed by atoms with van der Waals surface area (Å²) in [6.07, 6.45) is 2.39. The molecule has 0 aliphatic heterocycles. The number of nitrogens with one attached hydrogen (secondary N) is 2. The molecule has 0 saturated carbocycles. The molecule has 3 N–H and O–H groups in total. The van der Waals surface area contributed by atoms with E-state index < -0.39 is 10.3 Å². The molecule has 0 fully saturated rings. The van der Waals surface area contributed by atoms with Crippen LogP contribution < -0.4 is 10.0 Å². The SMILES string of the molecule is CCc1csc([C@H](Cc2ccc(NS(=O)(=O)O)cc2)NCCc2ccccc2Cl)n1. The maximum absolute atomic E-state index is 11.0. The number of aromatic nitrogens is 1. The molecule has 0 amide bonds. The monoisotopic (exact) mass is 465 g/mol. The first-order valence-electron chi connectivity index (χ1n) is 9.59. The van der Waals surface area contributed by atoms with E-state index in [2.05, 4.69) is 22.3 Å². The third-order valence-corrected chi connectivity index (χ3v) is 6.48. The molecule has 0 aliphatic carbocycles. The Hall–Kier alpha value is -1.97. The number of benzene rings is 2. The van der Waals surface area contributed by atoms with Gasteiger partial charge in [0.05, 0.1) is 17.4 Å². The molecule has 0 unspecified atom stereocenters. The molecular weight excluding hydrogens is 442 g/mol. The highest BCUT2D eigenvalue weighted by atomic mass is 35.5. The zero-order valence-corrected chi connectivity index (χ0v) is 18.9. The molecule has 1 atom stereocenters. The van der Waals surface area contributed by atoms with Crippen LogP contribution in [0.1, 0.15) is 34.8 Å². The quantitative estimate of drug-likeness (QED) is 0.378. The van der Waals surface area contributed by atoms with Crippen LogP contribution in [0.4, 0.5) is 5.69 Å². The minimum Gasteiger partial charge on any atom is -0.307 e. The van der Waals surface area contributed by atoms with Crippen molar-refractivity contribution in [1.82, 2.24) is 10.3 Å². The summed E-state index contributed by atoms with van der Waals surface area (Å²) in [5, 5.41) is 7.45. The number of hydrogen-bond donors (Lipinski definition) is 3. The minimum absolute atomic E-state index is 0.0261. The maximum Gasteiger partial charge on any atom is 0.357 e. The van der Waals surface area contributed by atoms with E-state index in [1.165, 1.54) is 0 Å². The van der Waals surface area contributed by atoms with Crippen molar-refractivity contribution >= 4 is 38.9 Å². The predicted molar refractivity (Wildman–Crippen MR) is 123 cm³/mol. The predicted octanol–water partition coefficient (Wildman–Crippen LogP) is 4.69. The van der Waals surface area contributed by atoms with Gasteiger partial charge in [-0.15, -0.1) is 11.3 Å². The van der Waals surface area contributed by atoms with Crippen LogP contribution in [-0.2, 0) is 29.6 Å². The van der Waals surface area contributed by atoms with Crippen LogP contribution in [0.2, 0.25) is 5.02 Å². The Morgan fingerprint density at radius 1 is 1.17 bits per heavy atom. The topological polar surface area (TPSA) is 91.3 Å². The van der Waals surface area contributed by atoms with E-state index in [4.69, 9.17) is 21.1 Å². The highest BCUT2D eigenvalue weighted by molar-refractivity contribution is 7.87. The highest BCUT2D eigenvalue weighted by Crippen LogP contribution is 2.24. The molecule has 1 aromatic heterocycles. The van der Waals surface area contributed by atoms with Gasteiger partial charge in [0.2, 0.25) is 0 Å². The van der Waals surface area contributed by atoms with Crippen molar-refractivity contribution in [3.8, 4) is 0 Å². The van der Waals surface area contributed by atoms with Gasteiger partial charge in [-0.05, 0) is 55.1 Å². The van der Waals surface area contributed by atoms with E-state index in [0.717, 1.165) is 46.2 Å². The Balaban J connectivity index is 1.70. The lowest BCUT2D eigenvalue weighted by Gasteiger charge is -2.17. The maximum atomic E-state index is 11.0. The van der Waals surface area contributed by atoms with Gasteiger partial charge in [-0.25, -0.2) is 4.98 Å². The van der Waals surface area contributed by atoms with Crippen molar-refractivity contribution in [2.45, 2.75) is 32.2 Å². The number of rotatable bonds is 10. The Labute approximate surface area is 186 Å². The van der Waals surface area contributed by atoms with Gasteiger partial charge >= 0.3 is 10.3 Å². The molecular formula is C21H24ClN3O3S2. The molecule has 3 aromatic rings. The molecule has 1 heterocycles. The highest BCUT2D eigenvalue weighted by Gasteiger charge is 2.16. The third-order valence-electron chi connectivity index (χ3n) is 4.61. The van der Waals surface area contributed by atoms with Gasteiger partial charge in [0.1, 0.15) is 5.01 Å². The van der Waals surface area contributed by atoms with Gasteiger partial charge in [-0.3, -0.25) is 9.27 Å². The first kappa shape index (κ1) is 22.7. The molecule has 3 rings (SSSR count). The molecule has 0 saturated heterocycles. The smallest absolute Gasteiger partial charge is 0.307 e. The van der Waals surface area contributed by atoms with Gasteiger partial charge in [0.25, 0.3) is 0 Å². The first-order valence-corrected chi connectivity index (χ1v) is 12.3. The first-order chi connectivity index (χ1) is 14.3. The van der Waals surface area contributed by atoms with Crippen molar-refractivity contribution in [3.63, 3.8) is 0 Å². The summed E-state index contributed by atoms with van der Waals surface area (Å²) in [6.45, 7) is 2.83. The molecule has 2 aromatic carbocycles. The van der Waals surface area contributed by atoms with Gasteiger partial charge in [-0.1, -0.05) is 48.9 Å². The average Bonchev–Trinajstić information content (AvgIpc) is 3.18. The van der Waals surface area contributed by atoms with Crippen LogP contribution >= 0.6 is 22.9 Å². The van der Waals surface area contributed by atoms with E-state index in [0.29, 0.717) is 12.1 Å². The van der Waals surface area contributed by atoms with Crippen LogP contribution in [0, 0.1) is 0 Å². The van der Waals surface area contributed by atoms with Crippen molar-refractivity contribution in [2.75, 3.05) is 11.3 Å². The van der Waals surface area contributed by atoms with E-state index in [1.807, 2.05) is 36.4 Å². The summed E-state index contributed by atoms with van der Waals surface area (Å²) in [4.78, 5) is 4.74. The number of aryl methyl sites for hydroxylation is 1. The van der Waals surface area contributed by atoms with Crippen molar-refractivity contribution in [3.05, 3.63) is 80.8 Å². The van der Waals surface area contributed by atoms with Crippen molar-refractivity contribution in [1.29, 1.82) is 0 Å². The molecule has 0 radical (unpaired) electrons. The zero-order chi connectivity index (χ0) is 21.6. The third kappa shape index (κ3) is 6.78. The fourth-order valence-electron chi connectivity index (χ4n) is 3.07. The zero-order valence-electron chi connectivity index (χ0n) is 16.5. The minimum atomic E-state index is -4.28. The summed E-state index contributed by atoms with van der Waals surface area (Å²) in [6, 6.07) is 14.8. The normalized spacial score (nSPS) is 12.6. The molecule has 6 nitrogen and oxygen atoms in total. The number of nitrogens with zero attached hydrogens (tertiary/aromatic N) is 1. The fraction of sp³-hybridized carbons (Fsp3) is 0.286. The largest absolute Gasteiger partial charge is 0.357 e. The molecule has 0 bridgehead atoms. The van der Waals surface area contributed by atoms with Gasteiger partial charge in [-0.2, -0.15) is 8.42 Å². The summed E-state index contributed by atoms with van der Waals surface area (Å²) < 4.78 is 32.9. The molecule has 9 heteroatoms. The molecule has 0 spiro atoms. The lowest BCUT2D eigenvalue weighted by Crippen LogP contribution is -2.25. The Morgan fingerprint density at radius 2 is 1.90 bits per heavy atom. The van der Waals surface area contributed by atoms with E-state index in [-0.39, 0.29) is 6.04 Å². The second-order valence-corrected chi connectivity index (χ2v) is 9.31. The molecule has 0 aliphatic rings. The fourth-order valence-corrected chi connectivity index (χ4v) is 4.71. The summed E-state index contributed by atoms with van der Waals surface area (Å²) in [5.74, 6) is 0. The Morgan fingerprint density at radius 3 is 2.53 bits per heavy atom. The summed E-state index contributed by atoms with van der Waals surface area (Å²) in [7, 11) is -4.28. The van der Waals surface area contributed by atoms with Crippen LogP contribution in [0.3, 0.4) is 0 Å². The van der Waals surface area contributed by atoms with Crippen molar-refractivity contribution < 1.29 is 13.0 Å². The Kier molecular flexibility index (Phi) is 7.85. The number of thiazole rings is 1. The average molecular weight is 466 g/mol. The second-order valence-electron chi connectivity index (χ2n) is 6.86. The number of anilines is 1. The van der Waals surface area contributed by atoms with Crippen molar-refractivity contribution in [2.24, 2.45) is 0 Å². The van der Waals surface area contributed by atoms with E-state index in [9.17, 15) is 8.42 Å². The lowest BCUT2D eigenvalue weighted by molar-refractivity contribution is 0.489. The van der Waals surface area contributed by atoms with Crippen LogP contribution in [0.15, 0.2) is 53.9 Å². The molecule has 160 valence electrons. The Bertz CT molecular complexity index is 1070.